The predicted octanol–water partition coefficient (Wildman–Crippen LogP) is 5.37. The molecule has 1 N–H and O–H groups in total. The maximum Gasteiger partial charge on any atom is 0.122 e. The van der Waals surface area contributed by atoms with Crippen LogP contribution < -0.4 is 0 Å². The zero-order valence-corrected chi connectivity index (χ0v) is 14.3. The van der Waals surface area contributed by atoms with Gasteiger partial charge in [0.2, 0.25) is 0 Å². The number of rotatable bonds is 4. The van der Waals surface area contributed by atoms with E-state index in [1.807, 2.05) is 18.2 Å². The molecule has 3 aromatic rings. The molecule has 1 radical (unpaired) electrons. The molecular formula is C23H23O. The van der Waals surface area contributed by atoms with Gasteiger partial charge in [-0.2, -0.15) is 0 Å². The molecule has 0 aliphatic rings. The van der Waals surface area contributed by atoms with Crippen molar-refractivity contribution in [2.45, 2.75) is 26.7 Å². The average Bonchev–Trinajstić information content (AvgIpc) is 2.56. The van der Waals surface area contributed by atoms with Gasteiger partial charge in [-0.3, -0.25) is 0 Å². The van der Waals surface area contributed by atoms with Crippen LogP contribution in [0.1, 0.15) is 38.9 Å². The second-order valence-electron chi connectivity index (χ2n) is 6.47. The zero-order chi connectivity index (χ0) is 17.1. The minimum atomic E-state index is 0.312. The summed E-state index contributed by atoms with van der Waals surface area (Å²) in [5, 5.41) is 10.4. The molecule has 0 unspecified atom stereocenters. The molecule has 0 aliphatic carbocycles. The van der Waals surface area contributed by atoms with Crippen molar-refractivity contribution in [2.75, 3.05) is 0 Å². The van der Waals surface area contributed by atoms with Crippen molar-refractivity contribution in [1.29, 1.82) is 0 Å². The Balaban J connectivity index is 1.94. The SMILES string of the molecule is [CH2]c1cc(Cc2ccccc2C)cc(Cc2ccccc2C)c1O. The first kappa shape index (κ1) is 16.3. The smallest absolute Gasteiger partial charge is 0.122 e. The van der Waals surface area contributed by atoms with Gasteiger partial charge in [0.15, 0.2) is 0 Å². The van der Waals surface area contributed by atoms with E-state index in [0.717, 1.165) is 18.4 Å². The van der Waals surface area contributed by atoms with Crippen molar-refractivity contribution in [3.8, 4) is 5.75 Å². The maximum atomic E-state index is 10.4. The van der Waals surface area contributed by atoms with E-state index in [1.54, 1.807) is 0 Å². The van der Waals surface area contributed by atoms with Crippen LogP contribution in [0, 0.1) is 20.8 Å². The molecule has 121 valence electrons. The lowest BCUT2D eigenvalue weighted by atomic mass is 9.93. The summed E-state index contributed by atoms with van der Waals surface area (Å²) in [6.07, 6.45) is 1.58. The number of phenolic OH excluding ortho intramolecular Hbond substituents is 1. The molecule has 1 heteroatoms. The van der Waals surface area contributed by atoms with Gasteiger partial charge < -0.3 is 5.11 Å². The van der Waals surface area contributed by atoms with Crippen LogP contribution in [0.3, 0.4) is 0 Å². The largest absolute Gasteiger partial charge is 0.507 e. The van der Waals surface area contributed by atoms with Crippen LogP contribution in [0.2, 0.25) is 0 Å². The number of aromatic hydroxyl groups is 1. The van der Waals surface area contributed by atoms with E-state index >= 15 is 0 Å². The minimum Gasteiger partial charge on any atom is -0.507 e. The van der Waals surface area contributed by atoms with Gasteiger partial charge in [0.25, 0.3) is 0 Å². The normalized spacial score (nSPS) is 10.8. The van der Waals surface area contributed by atoms with Crippen molar-refractivity contribution >= 4 is 0 Å². The van der Waals surface area contributed by atoms with Crippen molar-refractivity contribution in [1.82, 2.24) is 0 Å². The Morgan fingerprint density at radius 3 is 1.88 bits per heavy atom. The number of aryl methyl sites for hydroxylation is 2. The Morgan fingerprint density at radius 1 is 0.750 bits per heavy atom. The van der Waals surface area contributed by atoms with Crippen LogP contribution in [0.25, 0.3) is 0 Å². The monoisotopic (exact) mass is 315 g/mol. The highest BCUT2D eigenvalue weighted by Gasteiger charge is 2.10. The summed E-state index contributed by atoms with van der Waals surface area (Å²) in [6, 6.07) is 20.8. The van der Waals surface area contributed by atoms with Crippen LogP contribution in [0.15, 0.2) is 60.7 Å². The van der Waals surface area contributed by atoms with Gasteiger partial charge in [0, 0.05) is 6.42 Å². The molecule has 0 aromatic heterocycles. The fourth-order valence-corrected chi connectivity index (χ4v) is 3.11. The molecule has 0 fully saturated rings. The molecule has 0 bridgehead atoms. The van der Waals surface area contributed by atoms with E-state index in [-0.39, 0.29) is 0 Å². The maximum absolute atomic E-state index is 10.4. The molecule has 0 aliphatic heterocycles. The standard InChI is InChI=1S/C23H23O/c1-16-8-4-6-10-20(16)13-19-12-18(3)23(24)22(14-19)15-21-11-7-5-9-17(21)2/h4-12,14,24H,3,13,15H2,1-2H3. The fraction of sp³-hybridized carbons (Fsp3) is 0.174. The predicted molar refractivity (Wildman–Crippen MR) is 101 cm³/mol. The summed E-state index contributed by atoms with van der Waals surface area (Å²) < 4.78 is 0. The van der Waals surface area contributed by atoms with Crippen molar-refractivity contribution in [3.63, 3.8) is 0 Å². The molecule has 3 aromatic carbocycles. The third-order valence-electron chi connectivity index (χ3n) is 4.63. The summed E-state index contributed by atoms with van der Waals surface area (Å²) in [5.41, 5.74) is 7.91. The highest BCUT2D eigenvalue weighted by Crippen LogP contribution is 2.28. The zero-order valence-electron chi connectivity index (χ0n) is 14.3. The van der Waals surface area contributed by atoms with E-state index in [1.165, 1.54) is 27.8 Å². The van der Waals surface area contributed by atoms with Gasteiger partial charge in [-0.25, -0.2) is 0 Å². The average molecular weight is 315 g/mol. The van der Waals surface area contributed by atoms with Gasteiger partial charge in [0.05, 0.1) is 0 Å². The van der Waals surface area contributed by atoms with Gasteiger partial charge in [-0.05, 0) is 66.1 Å². The molecule has 0 spiro atoms. The molecule has 0 heterocycles. The first-order valence-corrected chi connectivity index (χ1v) is 8.30. The third kappa shape index (κ3) is 3.51. The van der Waals surface area contributed by atoms with Gasteiger partial charge >= 0.3 is 0 Å². The highest BCUT2D eigenvalue weighted by atomic mass is 16.3. The first-order chi connectivity index (χ1) is 11.5. The first-order valence-electron chi connectivity index (χ1n) is 8.30. The van der Waals surface area contributed by atoms with Crippen LogP contribution in [0.4, 0.5) is 0 Å². The number of hydrogen-bond acceptors (Lipinski definition) is 1. The fourth-order valence-electron chi connectivity index (χ4n) is 3.11. The highest BCUT2D eigenvalue weighted by molar-refractivity contribution is 5.49. The Morgan fingerprint density at radius 2 is 1.29 bits per heavy atom. The lowest BCUT2D eigenvalue weighted by Crippen LogP contribution is -1.98. The van der Waals surface area contributed by atoms with Gasteiger partial charge in [0.1, 0.15) is 5.75 Å². The summed E-state index contributed by atoms with van der Waals surface area (Å²) in [5.74, 6) is 0.312. The van der Waals surface area contributed by atoms with E-state index in [0.29, 0.717) is 11.3 Å². The Hall–Kier alpha value is -2.54. The van der Waals surface area contributed by atoms with Crippen LogP contribution in [-0.2, 0) is 12.8 Å². The second-order valence-corrected chi connectivity index (χ2v) is 6.47. The van der Waals surface area contributed by atoms with E-state index in [4.69, 9.17) is 0 Å². The molecule has 24 heavy (non-hydrogen) atoms. The molecule has 1 nitrogen and oxygen atoms in total. The van der Waals surface area contributed by atoms with E-state index in [2.05, 4.69) is 63.2 Å². The van der Waals surface area contributed by atoms with Crippen molar-refractivity contribution < 1.29 is 5.11 Å². The summed E-state index contributed by atoms with van der Waals surface area (Å²) >= 11 is 0. The van der Waals surface area contributed by atoms with Gasteiger partial charge in [-0.15, -0.1) is 0 Å². The minimum absolute atomic E-state index is 0.312. The number of hydrogen-bond donors (Lipinski definition) is 1. The summed E-state index contributed by atoms with van der Waals surface area (Å²) in [6.45, 7) is 8.26. The molecule has 0 saturated heterocycles. The quantitative estimate of drug-likeness (QED) is 0.686. The van der Waals surface area contributed by atoms with Crippen molar-refractivity contribution in [3.05, 3.63) is 107 Å². The molecule has 0 saturated carbocycles. The Labute approximate surface area is 144 Å². The lowest BCUT2D eigenvalue weighted by Gasteiger charge is -2.13. The number of phenols is 1. The van der Waals surface area contributed by atoms with Crippen molar-refractivity contribution in [2.24, 2.45) is 0 Å². The number of benzene rings is 3. The van der Waals surface area contributed by atoms with E-state index < -0.39 is 0 Å². The van der Waals surface area contributed by atoms with Crippen LogP contribution in [0.5, 0.6) is 5.75 Å². The van der Waals surface area contributed by atoms with E-state index in [9.17, 15) is 5.11 Å². The summed E-state index contributed by atoms with van der Waals surface area (Å²) in [4.78, 5) is 0. The molecular weight excluding hydrogens is 292 g/mol. The Bertz CT molecular complexity index is 862. The van der Waals surface area contributed by atoms with Crippen LogP contribution in [-0.4, -0.2) is 5.11 Å². The topological polar surface area (TPSA) is 20.2 Å². The summed E-state index contributed by atoms with van der Waals surface area (Å²) in [7, 11) is 0. The van der Waals surface area contributed by atoms with Gasteiger partial charge in [-0.1, -0.05) is 60.7 Å². The lowest BCUT2D eigenvalue weighted by molar-refractivity contribution is 0.467. The molecule has 3 rings (SSSR count). The Kier molecular flexibility index (Phi) is 4.71. The second kappa shape index (κ2) is 6.92. The molecule has 0 amide bonds. The third-order valence-corrected chi connectivity index (χ3v) is 4.63. The molecule has 0 atom stereocenters. The van der Waals surface area contributed by atoms with Crippen LogP contribution >= 0.6 is 0 Å².